The van der Waals surface area contributed by atoms with Crippen LogP contribution in [-0.2, 0) is 4.79 Å². The molecule has 0 spiro atoms. The Kier molecular flexibility index (Phi) is 4.15. The molecule has 2 atom stereocenters. The maximum absolute atomic E-state index is 12.0. The van der Waals surface area contributed by atoms with Crippen molar-refractivity contribution < 1.29 is 4.79 Å². The topological polar surface area (TPSA) is 88.9 Å². The third-order valence-electron chi connectivity index (χ3n) is 4.72. The molecule has 1 aliphatic heterocycles. The van der Waals surface area contributed by atoms with Gasteiger partial charge >= 0.3 is 0 Å². The molecule has 3 heterocycles. The van der Waals surface area contributed by atoms with Gasteiger partial charge in [0.05, 0.1) is 18.0 Å². The minimum atomic E-state index is -0.0857. The predicted molar refractivity (Wildman–Crippen MR) is 86.7 cm³/mol. The van der Waals surface area contributed by atoms with Gasteiger partial charge in [0.15, 0.2) is 5.65 Å². The van der Waals surface area contributed by atoms with Gasteiger partial charge in [-0.3, -0.25) is 4.79 Å². The molecule has 0 aromatic carbocycles. The van der Waals surface area contributed by atoms with E-state index >= 15 is 0 Å². The normalized spacial score (nSPS) is 21.2. The predicted octanol–water partition coefficient (Wildman–Crippen LogP) is 1.54. The molecule has 7 heteroatoms. The van der Waals surface area contributed by atoms with E-state index in [1.165, 1.54) is 0 Å². The van der Waals surface area contributed by atoms with Crippen LogP contribution in [0.5, 0.6) is 0 Å². The molecule has 0 saturated carbocycles. The molecule has 0 bridgehead atoms. The van der Waals surface area contributed by atoms with Gasteiger partial charge in [0, 0.05) is 37.8 Å². The van der Waals surface area contributed by atoms with Crippen LogP contribution < -0.4 is 4.90 Å². The van der Waals surface area contributed by atoms with Gasteiger partial charge in [-0.05, 0) is 18.4 Å². The van der Waals surface area contributed by atoms with Gasteiger partial charge < -0.3 is 14.8 Å². The first-order chi connectivity index (χ1) is 11.1. The number of hydrogen-bond acceptors (Lipinski definition) is 5. The van der Waals surface area contributed by atoms with Crippen LogP contribution in [-0.4, -0.2) is 52.2 Å². The number of nitriles is 1. The maximum atomic E-state index is 12.0. The molecule has 0 radical (unpaired) electrons. The fourth-order valence-corrected chi connectivity index (χ4v) is 3.28. The summed E-state index contributed by atoms with van der Waals surface area (Å²) < 4.78 is 0. The van der Waals surface area contributed by atoms with Crippen molar-refractivity contribution in [3.8, 4) is 6.07 Å². The number of amides is 1. The summed E-state index contributed by atoms with van der Waals surface area (Å²) in [5, 5.41) is 17.9. The maximum Gasteiger partial charge on any atom is 0.236 e. The van der Waals surface area contributed by atoms with Crippen LogP contribution in [0, 0.1) is 17.2 Å². The van der Waals surface area contributed by atoms with Gasteiger partial charge in [0.2, 0.25) is 5.91 Å². The number of likely N-dealkylation sites (N-methyl/N-ethyl adjacent to an activating group) is 1. The van der Waals surface area contributed by atoms with E-state index in [1.54, 1.807) is 11.1 Å². The third-order valence-corrected chi connectivity index (χ3v) is 4.72. The molecule has 1 unspecified atom stereocenters. The van der Waals surface area contributed by atoms with E-state index in [1.807, 2.05) is 25.4 Å². The number of anilines is 1. The lowest BCUT2D eigenvalue weighted by Crippen LogP contribution is -2.52. The number of H-pyrrole nitrogens is 1. The molecule has 7 nitrogen and oxygen atoms in total. The number of nitrogens with one attached hydrogen (secondary N) is 1. The minimum absolute atomic E-state index is 0.0519. The summed E-state index contributed by atoms with van der Waals surface area (Å²) >= 11 is 0. The van der Waals surface area contributed by atoms with E-state index in [0.717, 1.165) is 29.7 Å². The summed E-state index contributed by atoms with van der Waals surface area (Å²) in [5.41, 5.74) is 1.76. The Bertz CT molecular complexity index is 748. The smallest absolute Gasteiger partial charge is 0.236 e. The van der Waals surface area contributed by atoms with Crippen molar-refractivity contribution in [1.82, 2.24) is 20.1 Å². The Morgan fingerprint density at radius 2 is 2.43 bits per heavy atom. The summed E-state index contributed by atoms with van der Waals surface area (Å²) in [6, 6.07) is 4.12. The first-order valence-corrected chi connectivity index (χ1v) is 7.78. The second-order valence-corrected chi connectivity index (χ2v) is 6.09. The largest absolute Gasteiger partial charge is 0.368 e. The van der Waals surface area contributed by atoms with Crippen LogP contribution in [0.15, 0.2) is 18.5 Å². The second kappa shape index (κ2) is 6.24. The number of fused-ring (bicyclic) bond motifs is 1. The van der Waals surface area contributed by atoms with E-state index < -0.39 is 0 Å². The molecule has 1 aliphatic rings. The molecule has 1 N–H and O–H groups in total. The third kappa shape index (κ3) is 2.84. The fourth-order valence-electron chi connectivity index (χ4n) is 3.28. The van der Waals surface area contributed by atoms with Gasteiger partial charge in [-0.1, -0.05) is 6.92 Å². The lowest BCUT2D eigenvalue weighted by atomic mass is 9.91. The van der Waals surface area contributed by atoms with Crippen molar-refractivity contribution >= 4 is 22.6 Å². The van der Waals surface area contributed by atoms with Gasteiger partial charge in [-0.2, -0.15) is 10.4 Å². The highest BCUT2D eigenvalue weighted by molar-refractivity contribution is 5.89. The SMILES string of the molecule is C[C@@H]1CCN(C(=O)CC#N)CC1N(C)c1cnnc2[nH]ccc12. The van der Waals surface area contributed by atoms with Gasteiger partial charge in [-0.25, -0.2) is 0 Å². The average Bonchev–Trinajstić information content (AvgIpc) is 3.03. The average molecular weight is 312 g/mol. The highest BCUT2D eigenvalue weighted by Crippen LogP contribution is 2.29. The van der Waals surface area contributed by atoms with E-state index in [4.69, 9.17) is 5.26 Å². The molecule has 3 rings (SSSR count). The van der Waals surface area contributed by atoms with E-state index in [0.29, 0.717) is 12.5 Å². The molecular formula is C16H20N6O. The van der Waals surface area contributed by atoms with Crippen molar-refractivity contribution in [2.45, 2.75) is 25.8 Å². The summed E-state index contributed by atoms with van der Waals surface area (Å²) in [5.74, 6) is 0.366. The summed E-state index contributed by atoms with van der Waals surface area (Å²) in [7, 11) is 2.03. The molecule has 120 valence electrons. The monoisotopic (exact) mass is 312 g/mol. The molecule has 1 amide bonds. The molecule has 2 aromatic heterocycles. The van der Waals surface area contributed by atoms with Crippen LogP contribution in [0.1, 0.15) is 19.8 Å². The number of likely N-dealkylation sites (tertiary alicyclic amines) is 1. The number of nitrogens with zero attached hydrogens (tertiary/aromatic N) is 5. The van der Waals surface area contributed by atoms with Crippen LogP contribution in [0.25, 0.3) is 11.0 Å². The van der Waals surface area contributed by atoms with Crippen LogP contribution in [0.4, 0.5) is 5.69 Å². The number of carbonyl (C=O) groups excluding carboxylic acids is 1. The number of carbonyl (C=O) groups is 1. The molecular weight excluding hydrogens is 292 g/mol. The zero-order valence-electron chi connectivity index (χ0n) is 13.4. The molecule has 23 heavy (non-hydrogen) atoms. The molecule has 1 fully saturated rings. The Balaban J connectivity index is 1.85. The molecule has 0 aliphatic carbocycles. The summed E-state index contributed by atoms with van der Waals surface area (Å²) in [4.78, 5) is 19.1. The van der Waals surface area contributed by atoms with E-state index in [-0.39, 0.29) is 18.4 Å². The van der Waals surface area contributed by atoms with Crippen LogP contribution in [0.2, 0.25) is 0 Å². The highest BCUT2D eigenvalue weighted by atomic mass is 16.2. The highest BCUT2D eigenvalue weighted by Gasteiger charge is 2.32. The van der Waals surface area contributed by atoms with Crippen molar-refractivity contribution in [3.05, 3.63) is 18.5 Å². The summed E-state index contributed by atoms with van der Waals surface area (Å²) in [6.45, 7) is 3.56. The van der Waals surface area contributed by atoms with Gasteiger partial charge in [-0.15, -0.1) is 5.10 Å². The summed E-state index contributed by atoms with van der Waals surface area (Å²) in [6.07, 6.45) is 4.49. The van der Waals surface area contributed by atoms with Crippen molar-refractivity contribution in [2.24, 2.45) is 5.92 Å². The number of piperidine rings is 1. The second-order valence-electron chi connectivity index (χ2n) is 6.09. The Hall–Kier alpha value is -2.62. The van der Waals surface area contributed by atoms with Gasteiger partial charge in [0.1, 0.15) is 6.42 Å². The molecule has 2 aromatic rings. The Morgan fingerprint density at radius 3 is 3.22 bits per heavy atom. The Labute approximate surface area is 134 Å². The fraction of sp³-hybridized carbons (Fsp3) is 0.500. The lowest BCUT2D eigenvalue weighted by Gasteiger charge is -2.42. The minimum Gasteiger partial charge on any atom is -0.368 e. The number of rotatable bonds is 3. The first kappa shape index (κ1) is 15.3. The van der Waals surface area contributed by atoms with Crippen molar-refractivity contribution in [3.63, 3.8) is 0 Å². The number of aromatic amines is 1. The van der Waals surface area contributed by atoms with Gasteiger partial charge in [0.25, 0.3) is 0 Å². The molecule has 1 saturated heterocycles. The van der Waals surface area contributed by atoms with E-state index in [9.17, 15) is 4.79 Å². The van der Waals surface area contributed by atoms with Crippen LogP contribution >= 0.6 is 0 Å². The Morgan fingerprint density at radius 1 is 1.61 bits per heavy atom. The van der Waals surface area contributed by atoms with Crippen LogP contribution in [0.3, 0.4) is 0 Å². The van der Waals surface area contributed by atoms with Crippen molar-refractivity contribution in [1.29, 1.82) is 5.26 Å². The zero-order valence-corrected chi connectivity index (χ0v) is 13.4. The standard InChI is InChI=1S/C16H20N6O/c1-11-5-8-22(15(23)3-6-17)10-14(11)21(2)13-9-19-20-16-12(13)4-7-18-16/h4,7,9,11,14H,3,5,8,10H2,1-2H3,(H,18,20)/t11-,14?/m1/s1. The quantitative estimate of drug-likeness (QED) is 0.928. The van der Waals surface area contributed by atoms with Crippen molar-refractivity contribution in [2.75, 3.05) is 25.0 Å². The van der Waals surface area contributed by atoms with E-state index in [2.05, 4.69) is 27.0 Å². The lowest BCUT2D eigenvalue weighted by molar-refractivity contribution is -0.131. The number of aromatic nitrogens is 3. The number of hydrogen-bond donors (Lipinski definition) is 1. The first-order valence-electron chi connectivity index (χ1n) is 7.78. The zero-order chi connectivity index (χ0) is 16.4.